The van der Waals surface area contributed by atoms with Crippen LogP contribution in [0.2, 0.25) is 0 Å². The van der Waals surface area contributed by atoms with Crippen LogP contribution in [-0.2, 0) is 12.8 Å². The SMILES string of the molecule is C=CCc1cc[nH]c1CCCC. The Morgan fingerprint density at radius 2 is 2.42 bits per heavy atom. The summed E-state index contributed by atoms with van der Waals surface area (Å²) >= 11 is 0. The van der Waals surface area contributed by atoms with E-state index in [1.54, 1.807) is 0 Å². The van der Waals surface area contributed by atoms with Crippen LogP contribution >= 0.6 is 0 Å². The minimum Gasteiger partial charge on any atom is -0.365 e. The number of rotatable bonds is 5. The molecule has 0 radical (unpaired) electrons. The molecular formula is C11H17N. The van der Waals surface area contributed by atoms with Crippen LogP contribution in [0.4, 0.5) is 0 Å². The van der Waals surface area contributed by atoms with E-state index in [9.17, 15) is 0 Å². The van der Waals surface area contributed by atoms with Gasteiger partial charge in [0.2, 0.25) is 0 Å². The van der Waals surface area contributed by atoms with E-state index < -0.39 is 0 Å². The molecule has 0 aliphatic carbocycles. The summed E-state index contributed by atoms with van der Waals surface area (Å²) in [5, 5.41) is 0. The van der Waals surface area contributed by atoms with E-state index in [1.165, 1.54) is 30.5 Å². The normalized spacial score (nSPS) is 10.1. The monoisotopic (exact) mass is 163 g/mol. The van der Waals surface area contributed by atoms with Crippen LogP contribution in [0.5, 0.6) is 0 Å². The summed E-state index contributed by atoms with van der Waals surface area (Å²) in [5.74, 6) is 0. The molecule has 1 N–H and O–H groups in total. The Hall–Kier alpha value is -0.980. The number of aromatic amines is 1. The minimum atomic E-state index is 0.989. The topological polar surface area (TPSA) is 15.8 Å². The molecular weight excluding hydrogens is 146 g/mol. The van der Waals surface area contributed by atoms with Crippen molar-refractivity contribution in [2.45, 2.75) is 32.6 Å². The average molecular weight is 163 g/mol. The van der Waals surface area contributed by atoms with E-state index in [-0.39, 0.29) is 0 Å². The number of unbranched alkanes of at least 4 members (excludes halogenated alkanes) is 1. The maximum absolute atomic E-state index is 3.74. The van der Waals surface area contributed by atoms with E-state index in [0.29, 0.717) is 0 Å². The summed E-state index contributed by atoms with van der Waals surface area (Å²) in [6.45, 7) is 5.96. The molecule has 1 rings (SSSR count). The van der Waals surface area contributed by atoms with Gasteiger partial charge >= 0.3 is 0 Å². The first-order valence-corrected chi connectivity index (χ1v) is 4.64. The van der Waals surface area contributed by atoms with Crippen LogP contribution in [-0.4, -0.2) is 4.98 Å². The lowest BCUT2D eigenvalue weighted by Gasteiger charge is -1.99. The molecule has 0 unspecified atom stereocenters. The van der Waals surface area contributed by atoms with Gasteiger partial charge in [0.1, 0.15) is 0 Å². The molecule has 0 aliphatic rings. The molecule has 0 amide bonds. The fourth-order valence-corrected chi connectivity index (χ4v) is 1.37. The van der Waals surface area contributed by atoms with Crippen molar-refractivity contribution in [2.75, 3.05) is 0 Å². The fraction of sp³-hybridized carbons (Fsp3) is 0.455. The van der Waals surface area contributed by atoms with Crippen LogP contribution in [0.15, 0.2) is 24.9 Å². The van der Waals surface area contributed by atoms with E-state index in [2.05, 4.69) is 24.6 Å². The smallest absolute Gasteiger partial charge is 0.0182 e. The Kier molecular flexibility index (Phi) is 3.65. The lowest BCUT2D eigenvalue weighted by Crippen LogP contribution is -1.90. The molecule has 0 atom stereocenters. The third-order valence-corrected chi connectivity index (χ3v) is 2.07. The highest BCUT2D eigenvalue weighted by atomic mass is 14.7. The van der Waals surface area contributed by atoms with Crippen molar-refractivity contribution < 1.29 is 0 Å². The van der Waals surface area contributed by atoms with E-state index >= 15 is 0 Å². The van der Waals surface area contributed by atoms with Crippen LogP contribution in [0, 0.1) is 0 Å². The first-order valence-electron chi connectivity index (χ1n) is 4.64. The summed E-state index contributed by atoms with van der Waals surface area (Å²) in [5.41, 5.74) is 2.79. The molecule has 0 spiro atoms. The van der Waals surface area contributed by atoms with Gasteiger partial charge in [-0.3, -0.25) is 0 Å². The molecule has 1 aromatic rings. The highest BCUT2D eigenvalue weighted by Gasteiger charge is 2.00. The standard InChI is InChI=1S/C11H17N/c1-3-5-7-11-10(6-4-2)8-9-12-11/h4,8-9,12H,2-3,5-7H2,1H3. The van der Waals surface area contributed by atoms with Gasteiger partial charge in [0, 0.05) is 11.9 Å². The molecule has 1 heterocycles. The minimum absolute atomic E-state index is 0.989. The summed E-state index contributed by atoms with van der Waals surface area (Å²) < 4.78 is 0. The van der Waals surface area contributed by atoms with Gasteiger partial charge in [-0.2, -0.15) is 0 Å². The van der Waals surface area contributed by atoms with Crippen molar-refractivity contribution in [3.63, 3.8) is 0 Å². The second-order valence-corrected chi connectivity index (χ2v) is 3.08. The molecule has 66 valence electrons. The van der Waals surface area contributed by atoms with Gasteiger partial charge in [-0.05, 0) is 30.9 Å². The predicted octanol–water partition coefficient (Wildman–Crippen LogP) is 3.09. The van der Waals surface area contributed by atoms with Crippen molar-refractivity contribution in [1.29, 1.82) is 0 Å². The molecule has 0 fully saturated rings. The molecule has 0 saturated heterocycles. The van der Waals surface area contributed by atoms with Crippen molar-refractivity contribution in [3.8, 4) is 0 Å². The molecule has 0 saturated carbocycles. The summed E-state index contributed by atoms with van der Waals surface area (Å²) in [6.07, 6.45) is 8.66. The molecule has 1 aromatic heterocycles. The Balaban J connectivity index is 2.57. The molecule has 0 bridgehead atoms. The van der Waals surface area contributed by atoms with E-state index in [0.717, 1.165) is 6.42 Å². The second-order valence-electron chi connectivity index (χ2n) is 3.08. The number of aryl methyl sites for hydroxylation is 1. The molecule has 12 heavy (non-hydrogen) atoms. The second kappa shape index (κ2) is 4.81. The number of allylic oxidation sites excluding steroid dienone is 1. The first kappa shape index (κ1) is 9.11. The molecule has 0 aliphatic heterocycles. The Morgan fingerprint density at radius 3 is 3.08 bits per heavy atom. The third kappa shape index (κ3) is 2.26. The van der Waals surface area contributed by atoms with Gasteiger partial charge in [-0.25, -0.2) is 0 Å². The van der Waals surface area contributed by atoms with Gasteiger partial charge < -0.3 is 4.98 Å². The number of nitrogens with one attached hydrogen (secondary N) is 1. The quantitative estimate of drug-likeness (QED) is 0.642. The van der Waals surface area contributed by atoms with Crippen molar-refractivity contribution >= 4 is 0 Å². The number of hydrogen-bond acceptors (Lipinski definition) is 0. The van der Waals surface area contributed by atoms with Gasteiger partial charge in [-0.15, -0.1) is 6.58 Å². The molecule has 1 nitrogen and oxygen atoms in total. The summed E-state index contributed by atoms with van der Waals surface area (Å²) in [7, 11) is 0. The van der Waals surface area contributed by atoms with Crippen LogP contribution in [0.3, 0.4) is 0 Å². The predicted molar refractivity (Wildman–Crippen MR) is 53.3 cm³/mol. The van der Waals surface area contributed by atoms with Crippen LogP contribution < -0.4 is 0 Å². The number of H-pyrrole nitrogens is 1. The Bertz CT molecular complexity index is 235. The maximum Gasteiger partial charge on any atom is 0.0182 e. The summed E-state index contributed by atoms with van der Waals surface area (Å²) in [6, 6.07) is 2.15. The zero-order valence-electron chi connectivity index (χ0n) is 7.77. The first-order chi connectivity index (χ1) is 5.88. The maximum atomic E-state index is 3.74. The molecule has 1 heteroatoms. The van der Waals surface area contributed by atoms with Crippen molar-refractivity contribution in [3.05, 3.63) is 36.2 Å². The van der Waals surface area contributed by atoms with Gasteiger partial charge in [0.25, 0.3) is 0 Å². The zero-order chi connectivity index (χ0) is 8.81. The highest BCUT2D eigenvalue weighted by Crippen LogP contribution is 2.10. The number of hydrogen-bond donors (Lipinski definition) is 1. The van der Waals surface area contributed by atoms with Gasteiger partial charge in [0.05, 0.1) is 0 Å². The average Bonchev–Trinajstić information content (AvgIpc) is 2.50. The van der Waals surface area contributed by atoms with Gasteiger partial charge in [0.15, 0.2) is 0 Å². The number of aromatic nitrogens is 1. The van der Waals surface area contributed by atoms with Crippen LogP contribution in [0.1, 0.15) is 31.0 Å². The van der Waals surface area contributed by atoms with Crippen molar-refractivity contribution in [2.24, 2.45) is 0 Å². The Morgan fingerprint density at radius 1 is 1.58 bits per heavy atom. The third-order valence-electron chi connectivity index (χ3n) is 2.07. The van der Waals surface area contributed by atoms with Gasteiger partial charge in [-0.1, -0.05) is 19.4 Å². The zero-order valence-corrected chi connectivity index (χ0v) is 7.77. The van der Waals surface area contributed by atoms with Crippen LogP contribution in [0.25, 0.3) is 0 Å². The molecule has 0 aromatic carbocycles. The largest absolute Gasteiger partial charge is 0.365 e. The highest BCUT2D eigenvalue weighted by molar-refractivity contribution is 5.22. The lowest BCUT2D eigenvalue weighted by molar-refractivity contribution is 0.775. The lowest BCUT2D eigenvalue weighted by atomic mass is 10.1. The van der Waals surface area contributed by atoms with E-state index in [4.69, 9.17) is 0 Å². The van der Waals surface area contributed by atoms with E-state index in [1.807, 2.05) is 12.3 Å². The Labute approximate surface area is 74.5 Å². The summed E-state index contributed by atoms with van der Waals surface area (Å²) in [4.78, 5) is 3.28. The fourth-order valence-electron chi connectivity index (χ4n) is 1.37. The van der Waals surface area contributed by atoms with Crippen molar-refractivity contribution in [1.82, 2.24) is 4.98 Å².